The van der Waals surface area contributed by atoms with Crippen molar-refractivity contribution in [2.75, 3.05) is 6.61 Å². The summed E-state index contributed by atoms with van der Waals surface area (Å²) >= 11 is 0. The van der Waals surface area contributed by atoms with Crippen molar-refractivity contribution >= 4 is 0 Å². The zero-order valence-electron chi connectivity index (χ0n) is 11.5. The fraction of sp³-hybridized carbons (Fsp3) is 0.286. The van der Waals surface area contributed by atoms with Crippen LogP contribution >= 0.6 is 0 Å². The molecule has 0 radical (unpaired) electrons. The number of nitrogens with one attached hydrogen (secondary N) is 1. The number of aryl methyl sites for hydroxylation is 1. The molecule has 0 aliphatic carbocycles. The molecular weight excluding hydrogens is 258 g/mol. The molecule has 6 heteroatoms. The molecule has 0 fully saturated rings. The molecule has 20 heavy (non-hydrogen) atoms. The lowest BCUT2D eigenvalue weighted by molar-refractivity contribution is 0.319. The summed E-state index contributed by atoms with van der Waals surface area (Å²) in [6.45, 7) is 4.50. The number of aromatic nitrogens is 2. The number of nitrogens with two attached hydrogens (primary N) is 1. The van der Waals surface area contributed by atoms with E-state index >= 15 is 0 Å². The maximum absolute atomic E-state index is 11.4. The second-order valence-corrected chi connectivity index (χ2v) is 4.19. The average Bonchev–Trinajstić information content (AvgIpc) is 2.40. The van der Waals surface area contributed by atoms with Crippen LogP contribution in [0.1, 0.15) is 18.3 Å². The van der Waals surface area contributed by atoms with Gasteiger partial charge in [0.2, 0.25) is 5.88 Å². The van der Waals surface area contributed by atoms with Crippen LogP contribution in [0.2, 0.25) is 0 Å². The number of aromatic amines is 1. The van der Waals surface area contributed by atoms with Gasteiger partial charge in [0.25, 0.3) is 5.56 Å². The van der Waals surface area contributed by atoms with Gasteiger partial charge in [-0.3, -0.25) is 4.79 Å². The summed E-state index contributed by atoms with van der Waals surface area (Å²) in [5.41, 5.74) is 6.28. The Morgan fingerprint density at radius 2 is 2.10 bits per heavy atom. The van der Waals surface area contributed by atoms with Crippen molar-refractivity contribution in [3.63, 3.8) is 0 Å². The topological polar surface area (TPSA) is 90.2 Å². The maximum atomic E-state index is 11.4. The van der Waals surface area contributed by atoms with E-state index in [9.17, 15) is 4.79 Å². The van der Waals surface area contributed by atoms with Crippen molar-refractivity contribution in [1.29, 1.82) is 0 Å². The Hall–Kier alpha value is -2.34. The van der Waals surface area contributed by atoms with Crippen LogP contribution in [0, 0.1) is 6.92 Å². The molecule has 0 bridgehead atoms. The van der Waals surface area contributed by atoms with Gasteiger partial charge in [-0.05, 0) is 31.5 Å². The van der Waals surface area contributed by atoms with Crippen LogP contribution in [0.5, 0.6) is 17.4 Å². The summed E-state index contributed by atoms with van der Waals surface area (Å²) in [6.07, 6.45) is 0. The Morgan fingerprint density at radius 3 is 2.75 bits per heavy atom. The standard InChI is InChI=1S/C14H17N3O3/c1-3-19-12-6-10(8-15)4-5-11(12)20-14-7-13(18)16-9(2)17-14/h4-7H,3,8,15H2,1-2H3,(H,16,17,18). The van der Waals surface area contributed by atoms with Crippen LogP contribution in [0.3, 0.4) is 0 Å². The lowest BCUT2D eigenvalue weighted by atomic mass is 10.2. The highest BCUT2D eigenvalue weighted by Crippen LogP contribution is 2.31. The number of rotatable bonds is 5. The second kappa shape index (κ2) is 6.21. The summed E-state index contributed by atoms with van der Waals surface area (Å²) in [7, 11) is 0. The minimum atomic E-state index is -0.260. The first-order valence-corrected chi connectivity index (χ1v) is 6.34. The van der Waals surface area contributed by atoms with Crippen LogP contribution in [-0.4, -0.2) is 16.6 Å². The van der Waals surface area contributed by atoms with Crippen molar-refractivity contribution in [1.82, 2.24) is 9.97 Å². The van der Waals surface area contributed by atoms with Gasteiger partial charge in [-0.15, -0.1) is 0 Å². The third-order valence-corrected chi connectivity index (χ3v) is 2.59. The fourth-order valence-corrected chi connectivity index (χ4v) is 1.75. The second-order valence-electron chi connectivity index (χ2n) is 4.19. The van der Waals surface area contributed by atoms with E-state index in [0.29, 0.717) is 30.5 Å². The van der Waals surface area contributed by atoms with Crippen LogP contribution in [0.25, 0.3) is 0 Å². The number of benzene rings is 1. The van der Waals surface area contributed by atoms with Crippen molar-refractivity contribution in [3.05, 3.63) is 46.0 Å². The Labute approximate surface area is 116 Å². The molecule has 1 aromatic heterocycles. The summed E-state index contributed by atoms with van der Waals surface area (Å²) in [5, 5.41) is 0. The molecular formula is C14H17N3O3. The van der Waals surface area contributed by atoms with Crippen molar-refractivity contribution in [2.24, 2.45) is 5.73 Å². The molecule has 0 saturated heterocycles. The third-order valence-electron chi connectivity index (χ3n) is 2.59. The summed E-state index contributed by atoms with van der Waals surface area (Å²) in [6, 6.07) is 6.71. The van der Waals surface area contributed by atoms with Crippen LogP contribution in [-0.2, 0) is 6.54 Å². The van der Waals surface area contributed by atoms with E-state index in [2.05, 4.69) is 9.97 Å². The summed E-state index contributed by atoms with van der Waals surface area (Å²) < 4.78 is 11.1. The molecule has 0 aliphatic heterocycles. The monoisotopic (exact) mass is 275 g/mol. The van der Waals surface area contributed by atoms with E-state index < -0.39 is 0 Å². The Bertz CT molecular complexity index is 652. The molecule has 0 unspecified atom stereocenters. The molecule has 2 aromatic rings. The maximum Gasteiger partial charge on any atom is 0.254 e. The molecule has 6 nitrogen and oxygen atoms in total. The van der Waals surface area contributed by atoms with Gasteiger partial charge in [0.15, 0.2) is 11.5 Å². The quantitative estimate of drug-likeness (QED) is 0.867. The molecule has 0 atom stereocenters. The Kier molecular flexibility index (Phi) is 4.37. The largest absolute Gasteiger partial charge is 0.490 e. The SMILES string of the molecule is CCOc1cc(CN)ccc1Oc1cc(=O)[nH]c(C)n1. The zero-order chi connectivity index (χ0) is 14.5. The molecule has 0 aliphatic rings. The molecule has 1 heterocycles. The van der Waals surface area contributed by atoms with Crippen molar-refractivity contribution in [3.8, 4) is 17.4 Å². The molecule has 0 saturated carbocycles. The molecule has 1 aromatic carbocycles. The average molecular weight is 275 g/mol. The summed E-state index contributed by atoms with van der Waals surface area (Å²) in [5.74, 6) is 1.80. The highest BCUT2D eigenvalue weighted by atomic mass is 16.5. The number of hydrogen-bond acceptors (Lipinski definition) is 5. The first-order valence-electron chi connectivity index (χ1n) is 6.34. The van der Waals surface area contributed by atoms with Gasteiger partial charge in [0.05, 0.1) is 12.7 Å². The lowest BCUT2D eigenvalue weighted by Crippen LogP contribution is -2.08. The molecule has 3 N–H and O–H groups in total. The molecule has 0 amide bonds. The van der Waals surface area contributed by atoms with E-state index in [1.165, 1.54) is 6.07 Å². The minimum absolute atomic E-state index is 0.229. The van der Waals surface area contributed by atoms with E-state index in [1.54, 1.807) is 13.0 Å². The van der Waals surface area contributed by atoms with Gasteiger partial charge in [-0.2, -0.15) is 0 Å². The van der Waals surface area contributed by atoms with Gasteiger partial charge in [0.1, 0.15) is 5.82 Å². The van der Waals surface area contributed by atoms with E-state index in [0.717, 1.165) is 5.56 Å². The number of hydrogen-bond donors (Lipinski definition) is 2. The van der Waals surface area contributed by atoms with Gasteiger partial charge >= 0.3 is 0 Å². The highest BCUT2D eigenvalue weighted by molar-refractivity contribution is 5.44. The summed E-state index contributed by atoms with van der Waals surface area (Å²) in [4.78, 5) is 18.1. The van der Waals surface area contributed by atoms with E-state index in [4.69, 9.17) is 15.2 Å². The molecule has 2 rings (SSSR count). The van der Waals surface area contributed by atoms with Gasteiger partial charge in [0, 0.05) is 6.54 Å². The number of nitrogens with zero attached hydrogens (tertiary/aromatic N) is 1. The normalized spacial score (nSPS) is 10.3. The smallest absolute Gasteiger partial charge is 0.254 e. The minimum Gasteiger partial charge on any atom is -0.490 e. The Balaban J connectivity index is 2.34. The van der Waals surface area contributed by atoms with Gasteiger partial charge in [-0.1, -0.05) is 6.07 Å². The van der Waals surface area contributed by atoms with Gasteiger partial charge < -0.3 is 20.2 Å². The first-order chi connectivity index (χ1) is 9.62. The van der Waals surface area contributed by atoms with Gasteiger partial charge in [-0.25, -0.2) is 4.98 Å². The van der Waals surface area contributed by atoms with Crippen LogP contribution in [0.4, 0.5) is 0 Å². The predicted molar refractivity (Wildman–Crippen MR) is 75.2 cm³/mol. The number of ether oxygens (including phenoxy) is 2. The third kappa shape index (κ3) is 3.36. The molecule has 106 valence electrons. The first kappa shape index (κ1) is 14.1. The van der Waals surface area contributed by atoms with Crippen molar-refractivity contribution in [2.45, 2.75) is 20.4 Å². The van der Waals surface area contributed by atoms with E-state index in [1.807, 2.05) is 19.1 Å². The lowest BCUT2D eigenvalue weighted by Gasteiger charge is -2.12. The fourth-order valence-electron chi connectivity index (χ4n) is 1.75. The Morgan fingerprint density at radius 1 is 1.30 bits per heavy atom. The van der Waals surface area contributed by atoms with Crippen molar-refractivity contribution < 1.29 is 9.47 Å². The zero-order valence-corrected chi connectivity index (χ0v) is 11.5. The molecule has 0 spiro atoms. The predicted octanol–water partition coefficient (Wildman–Crippen LogP) is 1.73. The van der Waals surface area contributed by atoms with E-state index in [-0.39, 0.29) is 11.4 Å². The van der Waals surface area contributed by atoms with Crippen LogP contribution in [0.15, 0.2) is 29.1 Å². The van der Waals surface area contributed by atoms with Crippen LogP contribution < -0.4 is 20.8 Å². The highest BCUT2D eigenvalue weighted by Gasteiger charge is 2.09. The number of H-pyrrole nitrogens is 1.